The molecule has 2 aromatic carbocycles. The molecular weight excluding hydrogens is 452 g/mol. The maximum Gasteiger partial charge on any atom is 0.350 e. The van der Waals surface area contributed by atoms with Crippen LogP contribution < -0.4 is 16.6 Å². The van der Waals surface area contributed by atoms with Crippen molar-refractivity contribution in [2.24, 2.45) is 0 Å². The van der Waals surface area contributed by atoms with Crippen molar-refractivity contribution >= 4 is 40.4 Å². The number of rotatable bonds is 6. The second-order valence-electron chi connectivity index (χ2n) is 7.80. The zero-order chi connectivity index (χ0) is 23.7. The smallest absolute Gasteiger partial charge is 0.332 e. The summed E-state index contributed by atoms with van der Waals surface area (Å²) < 4.78 is 4.52. The first-order valence-electron chi connectivity index (χ1n) is 10.6. The van der Waals surface area contributed by atoms with Gasteiger partial charge in [-0.3, -0.25) is 18.6 Å². The van der Waals surface area contributed by atoms with Crippen LogP contribution in [-0.2, 0) is 17.9 Å². The third kappa shape index (κ3) is 4.18. The Kier molecular flexibility index (Phi) is 5.64. The Labute approximate surface area is 197 Å². The van der Waals surface area contributed by atoms with E-state index >= 15 is 0 Å². The number of fused-ring (bicyclic) bond motifs is 2. The van der Waals surface area contributed by atoms with Gasteiger partial charge in [0, 0.05) is 24.8 Å². The van der Waals surface area contributed by atoms with E-state index in [9.17, 15) is 14.4 Å². The van der Waals surface area contributed by atoms with Crippen LogP contribution in [0.25, 0.3) is 16.6 Å². The molecule has 2 N–H and O–H groups in total. The van der Waals surface area contributed by atoms with E-state index in [1.807, 2.05) is 18.2 Å². The largest absolute Gasteiger partial charge is 0.350 e. The van der Waals surface area contributed by atoms with E-state index in [0.717, 1.165) is 5.56 Å². The first kappa shape index (κ1) is 21.5. The Hall–Kier alpha value is -4.31. The fourth-order valence-corrected chi connectivity index (χ4v) is 4.11. The normalized spacial score (nSPS) is 11.2. The standard InChI is InChI=1S/C24H20N6O3S/c31-21(11-13-29-22(32)18-8-1-2-9-19(18)26-23(29)34)25-17-7-5-6-16(14-17)15-30-24(33)28-12-4-3-10-20(28)27-30/h1-10,12,14H,11,13,15H2,(H,25,31)(H,26,34). The fourth-order valence-electron chi connectivity index (χ4n) is 3.83. The van der Waals surface area contributed by atoms with Gasteiger partial charge in [0.15, 0.2) is 10.4 Å². The first-order valence-corrected chi connectivity index (χ1v) is 11.1. The number of hydrogen-bond acceptors (Lipinski definition) is 5. The van der Waals surface area contributed by atoms with Crippen molar-refractivity contribution < 1.29 is 4.79 Å². The average Bonchev–Trinajstić information content (AvgIpc) is 3.14. The molecule has 34 heavy (non-hydrogen) atoms. The zero-order valence-corrected chi connectivity index (χ0v) is 18.8. The highest BCUT2D eigenvalue weighted by Crippen LogP contribution is 2.12. The van der Waals surface area contributed by atoms with Gasteiger partial charge < -0.3 is 10.3 Å². The van der Waals surface area contributed by atoms with Crippen LogP contribution >= 0.6 is 12.2 Å². The summed E-state index contributed by atoms with van der Waals surface area (Å²) in [6.07, 6.45) is 1.75. The molecule has 9 nitrogen and oxygen atoms in total. The number of para-hydroxylation sites is 1. The minimum Gasteiger partial charge on any atom is -0.332 e. The van der Waals surface area contributed by atoms with E-state index in [1.54, 1.807) is 54.7 Å². The van der Waals surface area contributed by atoms with Crippen molar-refractivity contribution in [1.82, 2.24) is 23.7 Å². The molecule has 0 saturated carbocycles. The molecule has 0 fully saturated rings. The lowest BCUT2D eigenvalue weighted by Gasteiger charge is -2.10. The van der Waals surface area contributed by atoms with E-state index in [-0.39, 0.29) is 41.4 Å². The second kappa shape index (κ2) is 8.91. The van der Waals surface area contributed by atoms with Gasteiger partial charge in [0.2, 0.25) is 5.91 Å². The van der Waals surface area contributed by atoms with Crippen molar-refractivity contribution in [2.75, 3.05) is 5.32 Å². The van der Waals surface area contributed by atoms with Crippen LogP contribution in [0.3, 0.4) is 0 Å². The molecule has 170 valence electrons. The SMILES string of the molecule is O=C(CCn1c(=S)[nH]c2ccccc2c1=O)Nc1cccc(Cn2nc3ccccn3c2=O)c1. The molecule has 3 aromatic heterocycles. The number of H-pyrrole nitrogens is 1. The lowest BCUT2D eigenvalue weighted by Crippen LogP contribution is -2.25. The maximum atomic E-state index is 12.7. The summed E-state index contributed by atoms with van der Waals surface area (Å²) in [6.45, 7) is 0.424. The third-order valence-corrected chi connectivity index (χ3v) is 5.81. The molecule has 0 aliphatic rings. The Bertz CT molecular complexity index is 1710. The Morgan fingerprint density at radius 2 is 1.85 bits per heavy atom. The number of anilines is 1. The van der Waals surface area contributed by atoms with Crippen LogP contribution in [0.15, 0.2) is 82.5 Å². The number of aromatic amines is 1. The molecule has 10 heteroatoms. The lowest BCUT2D eigenvalue weighted by molar-refractivity contribution is -0.116. The van der Waals surface area contributed by atoms with Crippen molar-refractivity contribution in [2.45, 2.75) is 19.5 Å². The lowest BCUT2D eigenvalue weighted by atomic mass is 10.2. The average molecular weight is 473 g/mol. The minimum absolute atomic E-state index is 0.0752. The van der Waals surface area contributed by atoms with Crippen molar-refractivity contribution in [3.63, 3.8) is 0 Å². The molecule has 0 aliphatic heterocycles. The predicted octanol–water partition coefficient (Wildman–Crippen LogP) is 2.95. The summed E-state index contributed by atoms with van der Waals surface area (Å²) in [7, 11) is 0. The van der Waals surface area contributed by atoms with Gasteiger partial charge in [-0.2, -0.15) is 0 Å². The Balaban J connectivity index is 1.29. The Morgan fingerprint density at radius 3 is 2.71 bits per heavy atom. The summed E-state index contributed by atoms with van der Waals surface area (Å²) in [6, 6.07) is 19.7. The van der Waals surface area contributed by atoms with Crippen LogP contribution in [0.1, 0.15) is 12.0 Å². The van der Waals surface area contributed by atoms with E-state index in [4.69, 9.17) is 12.2 Å². The summed E-state index contributed by atoms with van der Waals surface area (Å²) in [5, 5.41) is 7.70. The monoisotopic (exact) mass is 472 g/mol. The first-order chi connectivity index (χ1) is 16.5. The predicted molar refractivity (Wildman–Crippen MR) is 132 cm³/mol. The molecule has 5 rings (SSSR count). The molecule has 3 heterocycles. The number of amides is 1. The van der Waals surface area contributed by atoms with Crippen molar-refractivity contribution in [1.29, 1.82) is 0 Å². The molecule has 0 saturated heterocycles. The molecule has 1 amide bonds. The van der Waals surface area contributed by atoms with Crippen LogP contribution in [0.4, 0.5) is 5.69 Å². The number of pyridine rings is 1. The number of hydrogen-bond donors (Lipinski definition) is 2. The minimum atomic E-state index is -0.253. The topological polar surface area (TPSA) is 106 Å². The van der Waals surface area contributed by atoms with Gasteiger partial charge in [0.1, 0.15) is 0 Å². The van der Waals surface area contributed by atoms with E-state index < -0.39 is 0 Å². The maximum absolute atomic E-state index is 12.7. The summed E-state index contributed by atoms with van der Waals surface area (Å²) in [4.78, 5) is 40.8. The summed E-state index contributed by atoms with van der Waals surface area (Å²) >= 11 is 5.30. The zero-order valence-electron chi connectivity index (χ0n) is 18.0. The molecule has 0 bridgehead atoms. The third-order valence-electron chi connectivity index (χ3n) is 5.48. The molecular formula is C24H20N6O3S. The van der Waals surface area contributed by atoms with E-state index in [0.29, 0.717) is 22.2 Å². The van der Waals surface area contributed by atoms with E-state index in [1.165, 1.54) is 13.6 Å². The quantitative estimate of drug-likeness (QED) is 0.370. The van der Waals surface area contributed by atoms with Gasteiger partial charge in [-0.05, 0) is 54.2 Å². The number of nitrogens with one attached hydrogen (secondary N) is 2. The highest BCUT2D eigenvalue weighted by Gasteiger charge is 2.10. The van der Waals surface area contributed by atoms with Gasteiger partial charge in [-0.1, -0.05) is 30.3 Å². The molecule has 0 atom stereocenters. The number of benzene rings is 2. The molecule has 0 spiro atoms. The van der Waals surface area contributed by atoms with Crippen LogP contribution in [0.5, 0.6) is 0 Å². The second-order valence-corrected chi connectivity index (χ2v) is 8.19. The van der Waals surface area contributed by atoms with Crippen LogP contribution in [0, 0.1) is 4.77 Å². The molecule has 0 aliphatic carbocycles. The van der Waals surface area contributed by atoms with Gasteiger partial charge in [0.25, 0.3) is 5.56 Å². The molecule has 5 aromatic rings. The van der Waals surface area contributed by atoms with Crippen molar-refractivity contribution in [3.05, 3.63) is 104 Å². The van der Waals surface area contributed by atoms with Crippen molar-refractivity contribution in [3.8, 4) is 0 Å². The fraction of sp³-hybridized carbons (Fsp3) is 0.125. The van der Waals surface area contributed by atoms with Gasteiger partial charge in [-0.25, -0.2) is 9.48 Å². The number of nitrogens with zero attached hydrogens (tertiary/aromatic N) is 4. The molecule has 0 radical (unpaired) electrons. The Morgan fingerprint density at radius 1 is 1.03 bits per heavy atom. The highest BCUT2D eigenvalue weighted by molar-refractivity contribution is 7.71. The number of aromatic nitrogens is 5. The van der Waals surface area contributed by atoms with E-state index in [2.05, 4.69) is 15.4 Å². The van der Waals surface area contributed by atoms with Crippen LogP contribution in [-0.4, -0.2) is 29.6 Å². The number of carbonyl (C=O) groups is 1. The summed E-state index contributed by atoms with van der Waals surface area (Å²) in [5.41, 5.74) is 2.18. The van der Waals surface area contributed by atoms with Gasteiger partial charge in [0.05, 0.1) is 17.4 Å². The number of carbonyl (C=O) groups excluding carboxylic acids is 1. The highest BCUT2D eigenvalue weighted by atomic mass is 32.1. The summed E-state index contributed by atoms with van der Waals surface area (Å²) in [5.74, 6) is -0.253. The van der Waals surface area contributed by atoms with Crippen LogP contribution in [0.2, 0.25) is 0 Å². The molecule has 0 unspecified atom stereocenters. The van der Waals surface area contributed by atoms with Gasteiger partial charge >= 0.3 is 5.69 Å². The van der Waals surface area contributed by atoms with Gasteiger partial charge in [-0.15, -0.1) is 5.10 Å².